The summed E-state index contributed by atoms with van der Waals surface area (Å²) in [6.07, 6.45) is 1.59. The first-order valence-corrected chi connectivity index (χ1v) is 7.27. The van der Waals surface area contributed by atoms with E-state index in [-0.39, 0.29) is 5.91 Å². The van der Waals surface area contributed by atoms with Crippen molar-refractivity contribution in [1.82, 2.24) is 5.43 Å². The third-order valence-corrected chi connectivity index (χ3v) is 2.90. The number of hydrogen-bond donors (Lipinski definition) is 1. The van der Waals surface area contributed by atoms with Gasteiger partial charge in [0.25, 0.3) is 5.91 Å². The van der Waals surface area contributed by atoms with Crippen LogP contribution in [-0.4, -0.2) is 18.7 Å². The predicted octanol–water partition coefficient (Wildman–Crippen LogP) is 3.49. The number of amides is 1. The first-order valence-electron chi connectivity index (χ1n) is 7.27. The van der Waals surface area contributed by atoms with Crippen LogP contribution in [0.2, 0.25) is 0 Å². The van der Waals surface area contributed by atoms with Gasteiger partial charge in [-0.3, -0.25) is 4.79 Å². The Bertz CT molecular complexity index is 637. The van der Waals surface area contributed by atoms with E-state index in [9.17, 15) is 4.79 Å². The van der Waals surface area contributed by atoms with E-state index in [2.05, 4.69) is 24.4 Å². The highest BCUT2D eigenvalue weighted by molar-refractivity contribution is 5.95. The van der Waals surface area contributed by atoms with Crippen molar-refractivity contribution < 1.29 is 9.53 Å². The number of hydrogen-bond acceptors (Lipinski definition) is 3. The Hall–Kier alpha value is -2.62. The topological polar surface area (TPSA) is 50.7 Å². The summed E-state index contributed by atoms with van der Waals surface area (Å²) < 4.78 is 5.74. The van der Waals surface area contributed by atoms with E-state index in [1.807, 2.05) is 42.5 Å². The molecule has 0 saturated heterocycles. The predicted molar refractivity (Wildman–Crippen MR) is 88.3 cm³/mol. The molecule has 0 heterocycles. The SMILES string of the molecule is CC(C)COc1ccccc1/C=N/NC(=O)c1ccccc1. The van der Waals surface area contributed by atoms with Gasteiger partial charge in [-0.25, -0.2) is 5.43 Å². The van der Waals surface area contributed by atoms with Gasteiger partial charge in [-0.05, 0) is 30.2 Å². The second-order valence-corrected chi connectivity index (χ2v) is 5.31. The maximum absolute atomic E-state index is 11.9. The Labute approximate surface area is 130 Å². The van der Waals surface area contributed by atoms with Crippen molar-refractivity contribution >= 4 is 12.1 Å². The van der Waals surface area contributed by atoms with Crippen LogP contribution in [0.15, 0.2) is 59.7 Å². The summed E-state index contributed by atoms with van der Waals surface area (Å²) in [5, 5.41) is 4.00. The minimum atomic E-state index is -0.238. The highest BCUT2D eigenvalue weighted by Gasteiger charge is 2.04. The molecular formula is C18H20N2O2. The van der Waals surface area contributed by atoms with E-state index >= 15 is 0 Å². The molecule has 1 N–H and O–H groups in total. The molecule has 2 aromatic carbocycles. The zero-order valence-corrected chi connectivity index (χ0v) is 12.8. The lowest BCUT2D eigenvalue weighted by Gasteiger charge is -2.10. The van der Waals surface area contributed by atoms with Crippen LogP contribution in [0.5, 0.6) is 5.75 Å². The van der Waals surface area contributed by atoms with Gasteiger partial charge in [0, 0.05) is 11.1 Å². The molecular weight excluding hydrogens is 276 g/mol. The molecule has 0 aromatic heterocycles. The smallest absolute Gasteiger partial charge is 0.271 e. The summed E-state index contributed by atoms with van der Waals surface area (Å²) in [5.41, 5.74) is 3.92. The van der Waals surface area contributed by atoms with Crippen molar-refractivity contribution in [2.24, 2.45) is 11.0 Å². The summed E-state index contributed by atoms with van der Waals surface area (Å²) in [6.45, 7) is 4.83. The standard InChI is InChI=1S/C18H20N2O2/c1-14(2)13-22-17-11-7-6-10-16(17)12-19-20-18(21)15-8-4-3-5-9-15/h3-12,14H,13H2,1-2H3,(H,20,21)/b19-12+. The van der Waals surface area contributed by atoms with E-state index in [1.165, 1.54) is 0 Å². The lowest BCUT2D eigenvalue weighted by atomic mass is 10.2. The van der Waals surface area contributed by atoms with Gasteiger partial charge in [0.2, 0.25) is 0 Å². The van der Waals surface area contributed by atoms with Gasteiger partial charge in [0.15, 0.2) is 0 Å². The molecule has 22 heavy (non-hydrogen) atoms. The number of nitrogens with one attached hydrogen (secondary N) is 1. The number of hydrazone groups is 1. The van der Waals surface area contributed by atoms with Crippen LogP contribution in [-0.2, 0) is 0 Å². The average Bonchev–Trinajstić information content (AvgIpc) is 2.54. The van der Waals surface area contributed by atoms with Crippen molar-refractivity contribution in [2.75, 3.05) is 6.61 Å². The van der Waals surface area contributed by atoms with Crippen molar-refractivity contribution in [3.63, 3.8) is 0 Å². The fourth-order valence-electron chi connectivity index (χ4n) is 1.79. The van der Waals surface area contributed by atoms with Crippen LogP contribution in [0.4, 0.5) is 0 Å². The van der Waals surface area contributed by atoms with Gasteiger partial charge < -0.3 is 4.74 Å². The summed E-state index contributed by atoms with van der Waals surface area (Å²) in [5.74, 6) is 0.967. The normalized spacial score (nSPS) is 10.9. The molecule has 2 aromatic rings. The van der Waals surface area contributed by atoms with Crippen molar-refractivity contribution in [3.05, 3.63) is 65.7 Å². The highest BCUT2D eigenvalue weighted by Crippen LogP contribution is 2.16. The zero-order chi connectivity index (χ0) is 15.8. The van der Waals surface area contributed by atoms with Crippen LogP contribution in [0.25, 0.3) is 0 Å². The Morgan fingerprint density at radius 3 is 2.55 bits per heavy atom. The van der Waals surface area contributed by atoms with E-state index in [0.717, 1.165) is 11.3 Å². The number of carbonyl (C=O) groups excluding carboxylic acids is 1. The second-order valence-electron chi connectivity index (χ2n) is 5.31. The third kappa shape index (κ3) is 4.74. The molecule has 0 aliphatic rings. The molecule has 0 saturated carbocycles. The summed E-state index contributed by atoms with van der Waals surface area (Å²) in [7, 11) is 0. The Balaban J connectivity index is 1.99. The van der Waals surface area contributed by atoms with E-state index in [0.29, 0.717) is 18.1 Å². The lowest BCUT2D eigenvalue weighted by Crippen LogP contribution is -2.17. The van der Waals surface area contributed by atoms with E-state index in [4.69, 9.17) is 4.74 Å². The molecule has 0 aliphatic carbocycles. The van der Waals surface area contributed by atoms with Crippen LogP contribution in [0, 0.1) is 5.92 Å². The molecule has 2 rings (SSSR count). The molecule has 1 amide bonds. The molecule has 4 nitrogen and oxygen atoms in total. The summed E-state index contributed by atoms with van der Waals surface area (Å²) in [6, 6.07) is 16.6. The van der Waals surface area contributed by atoms with E-state index in [1.54, 1.807) is 18.3 Å². The summed E-state index contributed by atoms with van der Waals surface area (Å²) >= 11 is 0. The second kappa shape index (κ2) is 7.98. The molecule has 0 spiro atoms. The quantitative estimate of drug-likeness (QED) is 0.655. The minimum Gasteiger partial charge on any atom is -0.493 e. The fraction of sp³-hybridized carbons (Fsp3) is 0.222. The van der Waals surface area contributed by atoms with Gasteiger partial charge >= 0.3 is 0 Å². The summed E-state index contributed by atoms with van der Waals surface area (Å²) in [4.78, 5) is 11.9. The zero-order valence-electron chi connectivity index (χ0n) is 12.8. The first kappa shape index (κ1) is 15.8. The maximum Gasteiger partial charge on any atom is 0.271 e. The number of nitrogens with zero attached hydrogens (tertiary/aromatic N) is 1. The van der Waals surface area contributed by atoms with Gasteiger partial charge in [-0.2, -0.15) is 5.10 Å². The monoisotopic (exact) mass is 296 g/mol. The number of carbonyl (C=O) groups is 1. The number of benzene rings is 2. The minimum absolute atomic E-state index is 0.238. The molecule has 0 radical (unpaired) electrons. The molecule has 0 fully saturated rings. The van der Waals surface area contributed by atoms with Crippen molar-refractivity contribution in [3.8, 4) is 5.75 Å². The van der Waals surface area contributed by atoms with Crippen LogP contribution in [0.3, 0.4) is 0 Å². The number of para-hydroxylation sites is 1. The van der Waals surface area contributed by atoms with Crippen LogP contribution >= 0.6 is 0 Å². The third-order valence-electron chi connectivity index (χ3n) is 2.90. The molecule has 0 aliphatic heterocycles. The number of ether oxygens (including phenoxy) is 1. The lowest BCUT2D eigenvalue weighted by molar-refractivity contribution is 0.0955. The fourth-order valence-corrected chi connectivity index (χ4v) is 1.79. The average molecular weight is 296 g/mol. The molecule has 0 bridgehead atoms. The Kier molecular flexibility index (Phi) is 5.72. The molecule has 0 unspecified atom stereocenters. The molecule has 0 atom stereocenters. The van der Waals surface area contributed by atoms with Gasteiger partial charge in [-0.15, -0.1) is 0 Å². The molecule has 114 valence electrons. The van der Waals surface area contributed by atoms with Crippen molar-refractivity contribution in [1.29, 1.82) is 0 Å². The van der Waals surface area contributed by atoms with Gasteiger partial charge in [-0.1, -0.05) is 44.2 Å². The van der Waals surface area contributed by atoms with Crippen LogP contribution < -0.4 is 10.2 Å². The van der Waals surface area contributed by atoms with Crippen molar-refractivity contribution in [2.45, 2.75) is 13.8 Å². The first-order chi connectivity index (χ1) is 10.7. The van der Waals surface area contributed by atoms with Gasteiger partial charge in [0.05, 0.1) is 12.8 Å². The molecule has 4 heteroatoms. The largest absolute Gasteiger partial charge is 0.493 e. The maximum atomic E-state index is 11.9. The Morgan fingerprint density at radius 1 is 1.14 bits per heavy atom. The van der Waals surface area contributed by atoms with E-state index < -0.39 is 0 Å². The van der Waals surface area contributed by atoms with Gasteiger partial charge in [0.1, 0.15) is 5.75 Å². The van der Waals surface area contributed by atoms with Crippen LogP contribution in [0.1, 0.15) is 29.8 Å². The Morgan fingerprint density at radius 2 is 1.82 bits per heavy atom. The number of rotatable bonds is 6. The highest BCUT2D eigenvalue weighted by atomic mass is 16.5.